The lowest BCUT2D eigenvalue weighted by atomic mass is 9.78. The van der Waals surface area contributed by atoms with Gasteiger partial charge in [0.05, 0.1) is 21.7 Å². The molecule has 0 saturated heterocycles. The maximum Gasteiger partial charge on any atom is 0.303 e. The van der Waals surface area contributed by atoms with Crippen molar-refractivity contribution in [2.24, 2.45) is 0 Å². The number of aliphatic hydroxyl groups excluding tert-OH is 1. The molecule has 0 amide bonds. The van der Waals surface area contributed by atoms with Crippen LogP contribution in [0.5, 0.6) is 11.5 Å². The summed E-state index contributed by atoms with van der Waals surface area (Å²) < 4.78 is 39.6. The summed E-state index contributed by atoms with van der Waals surface area (Å²) in [5, 5.41) is 10.5. The summed E-state index contributed by atoms with van der Waals surface area (Å²) in [6.07, 6.45) is -1.74. The van der Waals surface area contributed by atoms with Gasteiger partial charge >= 0.3 is 5.97 Å². The largest absolute Gasteiger partial charge is 0.491 e. The lowest BCUT2D eigenvalue weighted by Gasteiger charge is -2.27. The second kappa shape index (κ2) is 13.2. The second-order valence-electron chi connectivity index (χ2n) is 8.78. The zero-order valence-electron chi connectivity index (χ0n) is 20.6. The molecule has 7 nitrogen and oxygen atoms in total. The van der Waals surface area contributed by atoms with Gasteiger partial charge in [0.25, 0.3) is 0 Å². The summed E-state index contributed by atoms with van der Waals surface area (Å²) in [6, 6.07) is 10.8. The van der Waals surface area contributed by atoms with Crippen LogP contribution in [0.3, 0.4) is 0 Å². The van der Waals surface area contributed by atoms with Crippen molar-refractivity contribution >= 4 is 50.6 Å². The number of carbonyl (C=O) groups excluding carboxylic acids is 1. The van der Waals surface area contributed by atoms with E-state index in [0.717, 1.165) is 11.1 Å². The standard InChI is InChI=1S/C25H31Cl3O7S/c1-5-36(31,32)15-19(30)13-33-20-8-6-17(7-9-20)25(3,4)18-10-22(27)24(23(28)11-18)34-14-21(12-26)35-16(2)29/h6-11,19,21,30H,5,12-15H2,1-4H3. The fourth-order valence-electron chi connectivity index (χ4n) is 3.37. The van der Waals surface area contributed by atoms with Crippen LogP contribution in [0.4, 0.5) is 0 Å². The molecule has 2 aromatic rings. The first-order chi connectivity index (χ1) is 16.8. The molecule has 0 bridgehead atoms. The van der Waals surface area contributed by atoms with Gasteiger partial charge in [-0.05, 0) is 35.4 Å². The van der Waals surface area contributed by atoms with Gasteiger partial charge in [-0.25, -0.2) is 8.42 Å². The third kappa shape index (κ3) is 8.70. The molecule has 0 spiro atoms. The van der Waals surface area contributed by atoms with Crippen LogP contribution in [0.25, 0.3) is 0 Å². The lowest BCUT2D eigenvalue weighted by molar-refractivity contribution is -0.146. The summed E-state index contributed by atoms with van der Waals surface area (Å²) >= 11 is 18.8. The van der Waals surface area contributed by atoms with E-state index in [0.29, 0.717) is 15.8 Å². The van der Waals surface area contributed by atoms with Gasteiger partial charge in [-0.3, -0.25) is 4.79 Å². The Hall–Kier alpha value is -1.71. The molecule has 0 aromatic heterocycles. The van der Waals surface area contributed by atoms with Gasteiger partial charge in [-0.2, -0.15) is 0 Å². The Labute approximate surface area is 227 Å². The monoisotopic (exact) mass is 580 g/mol. The highest BCUT2D eigenvalue weighted by Gasteiger charge is 2.26. The van der Waals surface area contributed by atoms with Gasteiger partial charge in [-0.1, -0.05) is 56.1 Å². The summed E-state index contributed by atoms with van der Waals surface area (Å²) in [5.41, 5.74) is 1.30. The van der Waals surface area contributed by atoms with Crippen molar-refractivity contribution in [1.29, 1.82) is 0 Å². The summed E-state index contributed by atoms with van der Waals surface area (Å²) in [4.78, 5) is 11.2. The summed E-state index contributed by atoms with van der Waals surface area (Å²) in [6.45, 7) is 6.72. The number of carbonyl (C=O) groups is 1. The highest BCUT2D eigenvalue weighted by molar-refractivity contribution is 7.91. The molecule has 1 N–H and O–H groups in total. The Morgan fingerprint density at radius 2 is 1.61 bits per heavy atom. The van der Waals surface area contributed by atoms with Crippen molar-refractivity contribution < 1.29 is 32.5 Å². The van der Waals surface area contributed by atoms with Crippen LogP contribution in [0.15, 0.2) is 36.4 Å². The smallest absolute Gasteiger partial charge is 0.303 e. The quantitative estimate of drug-likeness (QED) is 0.261. The topological polar surface area (TPSA) is 99.1 Å². The van der Waals surface area contributed by atoms with Crippen LogP contribution in [-0.2, 0) is 24.8 Å². The average Bonchev–Trinajstić information content (AvgIpc) is 2.81. The highest BCUT2D eigenvalue weighted by atomic mass is 35.5. The van der Waals surface area contributed by atoms with Gasteiger partial charge < -0.3 is 19.3 Å². The fraction of sp³-hybridized carbons (Fsp3) is 0.480. The Kier molecular flexibility index (Phi) is 11.2. The van der Waals surface area contributed by atoms with E-state index in [1.54, 1.807) is 24.3 Å². The number of ether oxygens (including phenoxy) is 3. The first kappa shape index (κ1) is 30.5. The zero-order chi connectivity index (χ0) is 27.1. The second-order valence-corrected chi connectivity index (χ2v) is 12.3. The van der Waals surface area contributed by atoms with E-state index in [9.17, 15) is 18.3 Å². The van der Waals surface area contributed by atoms with Gasteiger partial charge in [0.1, 0.15) is 31.2 Å². The van der Waals surface area contributed by atoms with E-state index in [1.165, 1.54) is 13.8 Å². The highest BCUT2D eigenvalue weighted by Crippen LogP contribution is 2.40. The van der Waals surface area contributed by atoms with Gasteiger partial charge in [-0.15, -0.1) is 11.6 Å². The number of hydrogen-bond donors (Lipinski definition) is 1. The number of aliphatic hydroxyl groups is 1. The normalized spacial score (nSPS) is 13.7. The van der Waals surface area contributed by atoms with Crippen LogP contribution in [0.2, 0.25) is 10.0 Å². The third-order valence-corrected chi connectivity index (χ3v) is 8.22. The summed E-state index contributed by atoms with van der Waals surface area (Å²) in [7, 11) is -3.29. The molecular formula is C25H31Cl3O7S. The van der Waals surface area contributed by atoms with E-state index >= 15 is 0 Å². The predicted octanol–water partition coefficient (Wildman–Crippen LogP) is 5.04. The Bertz CT molecular complexity index is 1110. The first-order valence-corrected chi connectivity index (χ1v) is 14.4. The number of benzene rings is 2. The number of hydrogen-bond acceptors (Lipinski definition) is 7. The van der Waals surface area contributed by atoms with Gasteiger partial charge in [0.15, 0.2) is 15.6 Å². The molecule has 0 aliphatic carbocycles. The molecule has 2 aromatic carbocycles. The molecule has 0 saturated carbocycles. The minimum absolute atomic E-state index is 0.00575. The molecule has 0 aliphatic heterocycles. The van der Waals surface area contributed by atoms with Crippen molar-refractivity contribution in [2.45, 2.75) is 45.3 Å². The number of alkyl halides is 1. The molecule has 0 radical (unpaired) electrons. The molecule has 0 fully saturated rings. The number of rotatable bonds is 13. The number of esters is 1. The van der Waals surface area contributed by atoms with Crippen molar-refractivity contribution in [3.8, 4) is 11.5 Å². The van der Waals surface area contributed by atoms with Crippen LogP contribution in [0, 0.1) is 0 Å². The van der Waals surface area contributed by atoms with E-state index in [-0.39, 0.29) is 36.3 Å². The van der Waals surface area contributed by atoms with Crippen molar-refractivity contribution in [3.05, 3.63) is 57.6 Å². The minimum Gasteiger partial charge on any atom is -0.491 e. The zero-order valence-corrected chi connectivity index (χ0v) is 23.7. The van der Waals surface area contributed by atoms with E-state index in [4.69, 9.17) is 49.0 Å². The molecule has 0 aliphatic rings. The van der Waals surface area contributed by atoms with Crippen molar-refractivity contribution in [2.75, 3.05) is 30.6 Å². The van der Waals surface area contributed by atoms with Gasteiger partial charge in [0, 0.05) is 18.1 Å². The first-order valence-electron chi connectivity index (χ1n) is 11.3. The molecule has 2 rings (SSSR count). The molecule has 36 heavy (non-hydrogen) atoms. The maximum absolute atomic E-state index is 11.6. The molecule has 11 heteroatoms. The van der Waals surface area contributed by atoms with Crippen LogP contribution < -0.4 is 9.47 Å². The SMILES string of the molecule is CCS(=O)(=O)CC(O)COc1ccc(C(C)(C)c2cc(Cl)c(OCC(CCl)OC(C)=O)c(Cl)c2)cc1. The Morgan fingerprint density at radius 1 is 1.03 bits per heavy atom. The Morgan fingerprint density at radius 3 is 2.11 bits per heavy atom. The van der Waals surface area contributed by atoms with Crippen molar-refractivity contribution in [3.63, 3.8) is 0 Å². The molecule has 2 unspecified atom stereocenters. The van der Waals surface area contributed by atoms with Crippen LogP contribution in [0.1, 0.15) is 38.8 Å². The lowest BCUT2D eigenvalue weighted by Crippen LogP contribution is -2.28. The fourth-order valence-corrected chi connectivity index (χ4v) is 5.03. The summed E-state index contributed by atoms with van der Waals surface area (Å²) in [5.74, 6) is 0.00630. The average molecular weight is 582 g/mol. The van der Waals surface area contributed by atoms with Gasteiger partial charge in [0.2, 0.25) is 0 Å². The van der Waals surface area contributed by atoms with Crippen LogP contribution >= 0.6 is 34.8 Å². The molecule has 2 atom stereocenters. The van der Waals surface area contributed by atoms with Crippen LogP contribution in [-0.4, -0.2) is 62.3 Å². The Balaban J connectivity index is 2.11. The maximum atomic E-state index is 11.6. The minimum atomic E-state index is -3.29. The van der Waals surface area contributed by atoms with Crippen molar-refractivity contribution in [1.82, 2.24) is 0 Å². The predicted molar refractivity (Wildman–Crippen MR) is 143 cm³/mol. The molecular weight excluding hydrogens is 551 g/mol. The van der Waals surface area contributed by atoms with E-state index in [2.05, 4.69) is 0 Å². The van der Waals surface area contributed by atoms with E-state index in [1.807, 2.05) is 26.0 Å². The number of sulfone groups is 1. The third-order valence-electron chi connectivity index (χ3n) is 5.54. The molecule has 200 valence electrons. The van der Waals surface area contributed by atoms with E-state index < -0.39 is 33.4 Å². The molecule has 0 heterocycles. The number of halogens is 3.